The summed E-state index contributed by atoms with van der Waals surface area (Å²) in [5.41, 5.74) is 2.44. The quantitative estimate of drug-likeness (QED) is 0.838. The fourth-order valence-corrected chi connectivity index (χ4v) is 3.23. The molecule has 7 heteroatoms. The molecule has 1 aromatic rings. The SMILES string of the molecule is Cc1cc(C(=O)N2CCCC2)ccc1NCC(=O)N1CCNC(=O)C1. The lowest BCUT2D eigenvalue weighted by Crippen LogP contribution is -2.51. The van der Waals surface area contributed by atoms with Crippen LogP contribution in [0, 0.1) is 6.92 Å². The number of nitrogens with one attached hydrogen (secondary N) is 2. The van der Waals surface area contributed by atoms with Crippen molar-refractivity contribution >= 4 is 23.4 Å². The number of carbonyl (C=O) groups is 3. The average Bonchev–Trinajstić information content (AvgIpc) is 3.14. The van der Waals surface area contributed by atoms with Gasteiger partial charge >= 0.3 is 0 Å². The van der Waals surface area contributed by atoms with E-state index < -0.39 is 0 Å². The van der Waals surface area contributed by atoms with Gasteiger partial charge in [0.1, 0.15) is 0 Å². The molecule has 1 aromatic carbocycles. The predicted molar refractivity (Wildman–Crippen MR) is 94.4 cm³/mol. The third-order valence-electron chi connectivity index (χ3n) is 4.69. The highest BCUT2D eigenvalue weighted by Gasteiger charge is 2.22. The Morgan fingerprint density at radius 1 is 1.16 bits per heavy atom. The van der Waals surface area contributed by atoms with Gasteiger partial charge in [0.2, 0.25) is 11.8 Å². The van der Waals surface area contributed by atoms with Crippen LogP contribution in [-0.4, -0.2) is 66.8 Å². The molecular weight excluding hydrogens is 320 g/mol. The number of carbonyl (C=O) groups excluding carboxylic acids is 3. The maximum Gasteiger partial charge on any atom is 0.253 e. The van der Waals surface area contributed by atoms with Gasteiger partial charge in [0.05, 0.1) is 13.1 Å². The van der Waals surface area contributed by atoms with Crippen molar-refractivity contribution in [1.29, 1.82) is 0 Å². The number of hydrogen-bond acceptors (Lipinski definition) is 4. The van der Waals surface area contributed by atoms with Gasteiger partial charge in [-0.25, -0.2) is 0 Å². The number of likely N-dealkylation sites (tertiary alicyclic amines) is 1. The van der Waals surface area contributed by atoms with Gasteiger partial charge in [-0.1, -0.05) is 0 Å². The third kappa shape index (κ3) is 4.10. The molecule has 2 fully saturated rings. The Bertz CT molecular complexity index is 683. The molecular formula is C18H24N4O3. The van der Waals surface area contributed by atoms with Crippen LogP contribution in [0.3, 0.4) is 0 Å². The van der Waals surface area contributed by atoms with Gasteiger partial charge in [-0.3, -0.25) is 14.4 Å². The zero-order valence-electron chi connectivity index (χ0n) is 14.5. The Kier molecular flexibility index (Phi) is 5.21. The summed E-state index contributed by atoms with van der Waals surface area (Å²) in [6, 6.07) is 5.51. The molecule has 2 heterocycles. The van der Waals surface area contributed by atoms with E-state index in [2.05, 4.69) is 10.6 Å². The normalized spacial score (nSPS) is 17.4. The van der Waals surface area contributed by atoms with Gasteiger partial charge in [-0.05, 0) is 43.5 Å². The van der Waals surface area contributed by atoms with E-state index in [1.165, 1.54) is 0 Å². The number of anilines is 1. The van der Waals surface area contributed by atoms with Crippen molar-refractivity contribution in [1.82, 2.24) is 15.1 Å². The molecule has 0 bridgehead atoms. The van der Waals surface area contributed by atoms with Crippen molar-refractivity contribution in [3.05, 3.63) is 29.3 Å². The number of hydrogen-bond donors (Lipinski definition) is 2. The zero-order chi connectivity index (χ0) is 17.8. The van der Waals surface area contributed by atoms with E-state index in [9.17, 15) is 14.4 Å². The number of nitrogens with zero attached hydrogens (tertiary/aromatic N) is 2. The smallest absolute Gasteiger partial charge is 0.253 e. The van der Waals surface area contributed by atoms with E-state index in [1.54, 1.807) is 11.0 Å². The second kappa shape index (κ2) is 7.55. The number of rotatable bonds is 4. The molecule has 134 valence electrons. The Balaban J connectivity index is 1.58. The summed E-state index contributed by atoms with van der Waals surface area (Å²) in [6.07, 6.45) is 2.14. The van der Waals surface area contributed by atoms with Crippen LogP contribution in [-0.2, 0) is 9.59 Å². The highest BCUT2D eigenvalue weighted by molar-refractivity contribution is 5.95. The van der Waals surface area contributed by atoms with Crippen LogP contribution in [0.2, 0.25) is 0 Å². The largest absolute Gasteiger partial charge is 0.376 e. The van der Waals surface area contributed by atoms with Crippen LogP contribution in [0.4, 0.5) is 5.69 Å². The number of aryl methyl sites for hydroxylation is 1. The Hall–Kier alpha value is -2.57. The lowest BCUT2D eigenvalue weighted by Gasteiger charge is -2.27. The second-order valence-electron chi connectivity index (χ2n) is 6.55. The van der Waals surface area contributed by atoms with Crippen molar-refractivity contribution in [2.75, 3.05) is 44.6 Å². The molecule has 0 spiro atoms. The topological polar surface area (TPSA) is 81.8 Å². The van der Waals surface area contributed by atoms with Crippen molar-refractivity contribution in [2.24, 2.45) is 0 Å². The minimum Gasteiger partial charge on any atom is -0.376 e. The molecule has 25 heavy (non-hydrogen) atoms. The number of amides is 3. The Morgan fingerprint density at radius 3 is 2.60 bits per heavy atom. The number of benzene rings is 1. The van der Waals surface area contributed by atoms with Crippen LogP contribution < -0.4 is 10.6 Å². The lowest BCUT2D eigenvalue weighted by atomic mass is 10.1. The highest BCUT2D eigenvalue weighted by Crippen LogP contribution is 2.19. The molecule has 7 nitrogen and oxygen atoms in total. The molecule has 2 aliphatic heterocycles. The molecule has 0 radical (unpaired) electrons. The molecule has 2 N–H and O–H groups in total. The first kappa shape index (κ1) is 17.3. The van der Waals surface area contributed by atoms with E-state index >= 15 is 0 Å². The summed E-state index contributed by atoms with van der Waals surface area (Å²) in [5, 5.41) is 5.81. The minimum atomic E-state index is -0.124. The second-order valence-corrected chi connectivity index (χ2v) is 6.55. The van der Waals surface area contributed by atoms with Gasteiger partial charge in [0.15, 0.2) is 0 Å². The molecule has 2 saturated heterocycles. The molecule has 0 aliphatic carbocycles. The van der Waals surface area contributed by atoms with E-state index in [-0.39, 0.29) is 30.8 Å². The summed E-state index contributed by atoms with van der Waals surface area (Å²) in [7, 11) is 0. The van der Waals surface area contributed by atoms with Crippen LogP contribution >= 0.6 is 0 Å². The molecule has 2 aliphatic rings. The van der Waals surface area contributed by atoms with Crippen molar-refractivity contribution in [3.63, 3.8) is 0 Å². The monoisotopic (exact) mass is 344 g/mol. The Labute approximate surface area is 147 Å². The summed E-state index contributed by atoms with van der Waals surface area (Å²) >= 11 is 0. The van der Waals surface area contributed by atoms with E-state index in [0.29, 0.717) is 18.7 Å². The Morgan fingerprint density at radius 2 is 1.92 bits per heavy atom. The van der Waals surface area contributed by atoms with Crippen LogP contribution in [0.25, 0.3) is 0 Å². The number of piperazine rings is 1. The first-order valence-electron chi connectivity index (χ1n) is 8.73. The summed E-state index contributed by atoms with van der Waals surface area (Å²) in [6.45, 7) is 4.86. The molecule has 0 aromatic heterocycles. The van der Waals surface area contributed by atoms with Gasteiger partial charge in [0, 0.05) is 37.4 Å². The summed E-state index contributed by atoms with van der Waals surface area (Å²) in [5.74, 6) is -0.158. The van der Waals surface area contributed by atoms with E-state index in [1.807, 2.05) is 24.0 Å². The van der Waals surface area contributed by atoms with Gasteiger partial charge in [-0.15, -0.1) is 0 Å². The zero-order valence-corrected chi connectivity index (χ0v) is 14.5. The standard InChI is InChI=1S/C18H24N4O3/c1-13-10-14(18(25)21-7-2-3-8-21)4-5-15(13)20-11-17(24)22-9-6-19-16(23)12-22/h4-5,10,20H,2-3,6-9,11-12H2,1H3,(H,19,23). The predicted octanol–water partition coefficient (Wildman–Crippen LogP) is 0.601. The lowest BCUT2D eigenvalue weighted by molar-refractivity contribution is -0.136. The fraction of sp³-hybridized carbons (Fsp3) is 0.500. The third-order valence-corrected chi connectivity index (χ3v) is 4.69. The van der Waals surface area contributed by atoms with Gasteiger partial charge in [-0.2, -0.15) is 0 Å². The summed E-state index contributed by atoms with van der Waals surface area (Å²) < 4.78 is 0. The van der Waals surface area contributed by atoms with Crippen molar-refractivity contribution in [3.8, 4) is 0 Å². The minimum absolute atomic E-state index is 0.0718. The molecule has 0 atom stereocenters. The van der Waals surface area contributed by atoms with E-state index in [0.717, 1.165) is 37.2 Å². The molecule has 0 unspecified atom stereocenters. The molecule has 3 rings (SSSR count). The van der Waals surface area contributed by atoms with Crippen LogP contribution in [0.1, 0.15) is 28.8 Å². The molecule has 3 amide bonds. The van der Waals surface area contributed by atoms with Crippen molar-refractivity contribution < 1.29 is 14.4 Å². The maximum atomic E-state index is 12.4. The average molecular weight is 344 g/mol. The fourth-order valence-electron chi connectivity index (χ4n) is 3.23. The first-order chi connectivity index (χ1) is 12.0. The van der Waals surface area contributed by atoms with Crippen LogP contribution in [0.15, 0.2) is 18.2 Å². The maximum absolute atomic E-state index is 12.4. The van der Waals surface area contributed by atoms with E-state index in [4.69, 9.17) is 0 Å². The first-order valence-corrected chi connectivity index (χ1v) is 8.73. The van der Waals surface area contributed by atoms with Gasteiger partial charge in [0.25, 0.3) is 5.91 Å². The van der Waals surface area contributed by atoms with Gasteiger partial charge < -0.3 is 20.4 Å². The highest BCUT2D eigenvalue weighted by atomic mass is 16.2. The summed E-state index contributed by atoms with van der Waals surface area (Å²) in [4.78, 5) is 39.4. The van der Waals surface area contributed by atoms with Crippen LogP contribution in [0.5, 0.6) is 0 Å². The van der Waals surface area contributed by atoms with Crippen molar-refractivity contribution in [2.45, 2.75) is 19.8 Å². The molecule has 0 saturated carbocycles.